The molecule has 0 aliphatic heterocycles. The van der Waals surface area contributed by atoms with Crippen LogP contribution in [0.15, 0.2) is 34.9 Å². The third kappa shape index (κ3) is 3.41. The van der Waals surface area contributed by atoms with Crippen molar-refractivity contribution in [2.24, 2.45) is 0 Å². The number of nitrogens with one attached hydrogen (secondary N) is 1. The summed E-state index contributed by atoms with van der Waals surface area (Å²) in [7, 11) is 0. The molecule has 0 unspecified atom stereocenters. The molecule has 0 fully saturated rings. The summed E-state index contributed by atoms with van der Waals surface area (Å²) in [6.45, 7) is 2.01. The lowest BCUT2D eigenvalue weighted by Crippen LogP contribution is -2.24. The number of carbonyl (C=O) groups is 1. The number of hydrogen-bond acceptors (Lipinski definition) is 4. The standard InChI is InChI=1S/C12H13N3O2/c1-9-14-12(17-15-9)8-13-11(16)7-10-5-3-2-4-6-10/h2-6H,7-8H2,1H3,(H,13,16). The Morgan fingerprint density at radius 3 is 2.76 bits per heavy atom. The van der Waals surface area contributed by atoms with E-state index in [1.54, 1.807) is 6.92 Å². The van der Waals surface area contributed by atoms with E-state index in [1.165, 1.54) is 0 Å². The van der Waals surface area contributed by atoms with Gasteiger partial charge in [-0.1, -0.05) is 35.5 Å². The molecule has 1 N–H and O–H groups in total. The van der Waals surface area contributed by atoms with E-state index in [4.69, 9.17) is 4.52 Å². The average molecular weight is 231 g/mol. The number of nitrogens with zero attached hydrogens (tertiary/aromatic N) is 2. The van der Waals surface area contributed by atoms with Crippen molar-refractivity contribution < 1.29 is 9.32 Å². The first-order valence-corrected chi connectivity index (χ1v) is 5.34. The van der Waals surface area contributed by atoms with Gasteiger partial charge in [0.15, 0.2) is 5.82 Å². The van der Waals surface area contributed by atoms with Gasteiger partial charge in [-0.3, -0.25) is 4.79 Å². The van der Waals surface area contributed by atoms with Crippen LogP contribution in [0.3, 0.4) is 0 Å². The first kappa shape index (κ1) is 11.3. The first-order chi connectivity index (χ1) is 8.24. The molecule has 1 aromatic carbocycles. The molecule has 88 valence electrons. The number of aryl methyl sites for hydroxylation is 1. The quantitative estimate of drug-likeness (QED) is 0.859. The number of benzene rings is 1. The number of carbonyl (C=O) groups excluding carboxylic acids is 1. The van der Waals surface area contributed by atoms with Gasteiger partial charge in [0.05, 0.1) is 13.0 Å². The molecule has 5 nitrogen and oxygen atoms in total. The van der Waals surface area contributed by atoms with Gasteiger partial charge in [-0.15, -0.1) is 0 Å². The topological polar surface area (TPSA) is 68.0 Å². The minimum absolute atomic E-state index is 0.0629. The highest BCUT2D eigenvalue weighted by atomic mass is 16.5. The van der Waals surface area contributed by atoms with E-state index >= 15 is 0 Å². The molecule has 5 heteroatoms. The molecule has 17 heavy (non-hydrogen) atoms. The zero-order valence-electron chi connectivity index (χ0n) is 9.51. The first-order valence-electron chi connectivity index (χ1n) is 5.34. The van der Waals surface area contributed by atoms with Crippen LogP contribution in [0.1, 0.15) is 17.3 Å². The molecule has 0 saturated heterocycles. The monoisotopic (exact) mass is 231 g/mol. The molecule has 0 spiro atoms. The minimum Gasteiger partial charge on any atom is -0.347 e. The summed E-state index contributed by atoms with van der Waals surface area (Å²) in [6, 6.07) is 9.56. The Kier molecular flexibility index (Phi) is 3.49. The van der Waals surface area contributed by atoms with E-state index in [-0.39, 0.29) is 12.5 Å². The molecular formula is C12H13N3O2. The van der Waals surface area contributed by atoms with Crippen molar-refractivity contribution in [1.82, 2.24) is 15.5 Å². The predicted octanol–water partition coefficient (Wildman–Crippen LogP) is 1.24. The summed E-state index contributed by atoms with van der Waals surface area (Å²) in [5.41, 5.74) is 0.978. The van der Waals surface area contributed by atoms with Gasteiger partial charge in [0.1, 0.15) is 0 Å². The second-order valence-corrected chi connectivity index (χ2v) is 3.67. The Morgan fingerprint density at radius 1 is 1.35 bits per heavy atom. The van der Waals surface area contributed by atoms with Crippen molar-refractivity contribution in [2.75, 3.05) is 0 Å². The maximum Gasteiger partial charge on any atom is 0.246 e. The highest BCUT2D eigenvalue weighted by Gasteiger charge is 2.06. The van der Waals surface area contributed by atoms with Crippen LogP contribution in [0.5, 0.6) is 0 Å². The third-order valence-corrected chi connectivity index (χ3v) is 2.21. The van der Waals surface area contributed by atoms with Crippen molar-refractivity contribution in [1.29, 1.82) is 0 Å². The predicted molar refractivity (Wildman–Crippen MR) is 61.0 cm³/mol. The molecule has 0 aliphatic rings. The van der Waals surface area contributed by atoms with Crippen LogP contribution >= 0.6 is 0 Å². The lowest BCUT2D eigenvalue weighted by molar-refractivity contribution is -0.120. The minimum atomic E-state index is -0.0629. The smallest absolute Gasteiger partial charge is 0.246 e. The summed E-state index contributed by atoms with van der Waals surface area (Å²) >= 11 is 0. The Labute approximate surface area is 98.8 Å². The highest BCUT2D eigenvalue weighted by molar-refractivity contribution is 5.78. The molecule has 1 aromatic heterocycles. The molecule has 2 rings (SSSR count). The van der Waals surface area contributed by atoms with Gasteiger partial charge in [0.2, 0.25) is 11.8 Å². The second-order valence-electron chi connectivity index (χ2n) is 3.67. The van der Waals surface area contributed by atoms with Crippen molar-refractivity contribution in [2.45, 2.75) is 19.9 Å². The van der Waals surface area contributed by atoms with Gasteiger partial charge >= 0.3 is 0 Å². The Bertz CT molecular complexity index is 493. The van der Waals surface area contributed by atoms with E-state index < -0.39 is 0 Å². The molecule has 0 bridgehead atoms. The summed E-state index contributed by atoms with van der Waals surface area (Å²) in [5, 5.41) is 6.37. The normalized spacial score (nSPS) is 10.2. The molecule has 0 aliphatic carbocycles. The lowest BCUT2D eigenvalue weighted by Gasteiger charge is -2.02. The van der Waals surface area contributed by atoms with Crippen LogP contribution in [0.2, 0.25) is 0 Å². The molecular weight excluding hydrogens is 218 g/mol. The summed E-state index contributed by atoms with van der Waals surface area (Å²) in [5.74, 6) is 0.924. The lowest BCUT2D eigenvalue weighted by atomic mass is 10.1. The van der Waals surface area contributed by atoms with Crippen molar-refractivity contribution in [3.05, 3.63) is 47.6 Å². The fraction of sp³-hybridized carbons (Fsp3) is 0.250. The van der Waals surface area contributed by atoms with Crippen LogP contribution in [-0.4, -0.2) is 16.0 Å². The molecule has 1 heterocycles. The van der Waals surface area contributed by atoms with Gasteiger partial charge in [-0.05, 0) is 12.5 Å². The zero-order valence-corrected chi connectivity index (χ0v) is 9.51. The van der Waals surface area contributed by atoms with E-state index in [0.717, 1.165) is 5.56 Å². The van der Waals surface area contributed by atoms with Crippen molar-refractivity contribution in [3.63, 3.8) is 0 Å². The Balaban J connectivity index is 1.82. The zero-order chi connectivity index (χ0) is 12.1. The largest absolute Gasteiger partial charge is 0.347 e. The van der Waals surface area contributed by atoms with E-state index in [0.29, 0.717) is 18.1 Å². The molecule has 0 radical (unpaired) electrons. The molecule has 1 amide bonds. The van der Waals surface area contributed by atoms with Gasteiger partial charge in [0.25, 0.3) is 0 Å². The number of amides is 1. The molecule has 2 aromatic rings. The SMILES string of the molecule is Cc1noc(CNC(=O)Cc2ccccc2)n1. The van der Waals surface area contributed by atoms with E-state index in [1.807, 2.05) is 30.3 Å². The second kappa shape index (κ2) is 5.25. The van der Waals surface area contributed by atoms with Crippen molar-refractivity contribution >= 4 is 5.91 Å². The van der Waals surface area contributed by atoms with Crippen molar-refractivity contribution in [3.8, 4) is 0 Å². The third-order valence-electron chi connectivity index (χ3n) is 2.21. The molecule has 0 saturated carbocycles. The van der Waals surface area contributed by atoms with Crippen LogP contribution in [0.4, 0.5) is 0 Å². The fourth-order valence-electron chi connectivity index (χ4n) is 1.43. The fourth-order valence-corrected chi connectivity index (χ4v) is 1.43. The van der Waals surface area contributed by atoms with E-state index in [2.05, 4.69) is 15.5 Å². The number of hydrogen-bond donors (Lipinski definition) is 1. The average Bonchev–Trinajstić information content (AvgIpc) is 2.74. The van der Waals surface area contributed by atoms with Crippen LogP contribution < -0.4 is 5.32 Å². The number of rotatable bonds is 4. The van der Waals surface area contributed by atoms with Gasteiger partial charge in [0, 0.05) is 0 Å². The summed E-state index contributed by atoms with van der Waals surface area (Å²) < 4.78 is 4.89. The summed E-state index contributed by atoms with van der Waals surface area (Å²) in [6.07, 6.45) is 0.355. The van der Waals surface area contributed by atoms with Gasteiger partial charge in [-0.25, -0.2) is 0 Å². The van der Waals surface area contributed by atoms with Gasteiger partial charge < -0.3 is 9.84 Å². The Hall–Kier alpha value is -2.17. The van der Waals surface area contributed by atoms with Crippen LogP contribution in [0, 0.1) is 6.92 Å². The van der Waals surface area contributed by atoms with Gasteiger partial charge in [-0.2, -0.15) is 4.98 Å². The Morgan fingerprint density at radius 2 is 2.12 bits per heavy atom. The summed E-state index contributed by atoms with van der Waals surface area (Å²) in [4.78, 5) is 15.6. The van der Waals surface area contributed by atoms with E-state index in [9.17, 15) is 4.79 Å². The highest BCUT2D eigenvalue weighted by Crippen LogP contribution is 2.00. The number of aromatic nitrogens is 2. The maximum atomic E-state index is 11.6. The maximum absolute atomic E-state index is 11.6. The van der Waals surface area contributed by atoms with Crippen LogP contribution in [0.25, 0.3) is 0 Å². The van der Waals surface area contributed by atoms with Crippen LogP contribution in [-0.2, 0) is 17.8 Å². The molecule has 0 atom stereocenters.